The van der Waals surface area contributed by atoms with Gasteiger partial charge in [-0.3, -0.25) is 24.6 Å². The maximum Gasteiger partial charge on any atom is 0.314 e. The van der Waals surface area contributed by atoms with Crippen LogP contribution >= 0.6 is 11.3 Å². The first-order valence-corrected chi connectivity index (χ1v) is 21.2. The van der Waals surface area contributed by atoms with Crippen molar-refractivity contribution < 1.29 is 38.1 Å². The van der Waals surface area contributed by atoms with E-state index in [1.54, 1.807) is 48.7 Å². The van der Waals surface area contributed by atoms with Gasteiger partial charge in [-0.1, -0.05) is 64.9 Å². The van der Waals surface area contributed by atoms with Gasteiger partial charge in [0.1, 0.15) is 23.0 Å². The molecule has 60 heavy (non-hydrogen) atoms. The molecule has 0 atom stereocenters. The van der Waals surface area contributed by atoms with E-state index in [1.807, 2.05) is 74.5 Å². The van der Waals surface area contributed by atoms with Crippen LogP contribution in [0.1, 0.15) is 68.1 Å². The molecule has 0 radical (unpaired) electrons. The molecule has 8 rings (SSSR count). The third-order valence-corrected chi connectivity index (χ3v) is 12.2. The van der Waals surface area contributed by atoms with E-state index in [1.165, 1.54) is 11.3 Å². The molecular weight excluding hydrogens is 779 g/mol. The molecule has 6 aromatic rings. The van der Waals surface area contributed by atoms with E-state index in [9.17, 15) is 19.2 Å². The van der Waals surface area contributed by atoms with E-state index in [0.29, 0.717) is 85.1 Å². The first-order valence-electron chi connectivity index (χ1n) is 20.4. The van der Waals surface area contributed by atoms with Crippen LogP contribution in [0, 0.1) is 37.5 Å². The number of fused-ring (bicyclic) bond motifs is 2. The summed E-state index contributed by atoms with van der Waals surface area (Å²) >= 11 is 1.47. The zero-order valence-electron chi connectivity index (χ0n) is 33.4. The number of hydrazone groups is 1. The lowest BCUT2D eigenvalue weighted by Gasteiger charge is -2.26. The largest absolute Gasteiger partial charge is 0.426 e. The fraction of sp³-hybridized carbons (Fsp3) is 0.292. The van der Waals surface area contributed by atoms with Gasteiger partial charge >= 0.3 is 23.9 Å². The van der Waals surface area contributed by atoms with Gasteiger partial charge in [-0.05, 0) is 137 Å². The van der Waals surface area contributed by atoms with Gasteiger partial charge in [0.2, 0.25) is 5.13 Å². The minimum absolute atomic E-state index is 0.272. The van der Waals surface area contributed by atoms with E-state index in [4.69, 9.17) is 18.9 Å². The van der Waals surface area contributed by atoms with Crippen LogP contribution in [0.4, 0.5) is 5.13 Å². The van der Waals surface area contributed by atoms with Crippen LogP contribution in [-0.2, 0) is 19.2 Å². The number of hydrogen-bond donors (Lipinski definition) is 1. The molecule has 11 nitrogen and oxygen atoms in total. The van der Waals surface area contributed by atoms with Crippen molar-refractivity contribution >= 4 is 67.5 Å². The normalized spacial score (nSPS) is 19.2. The molecule has 0 saturated heterocycles. The Kier molecular flexibility index (Phi) is 12.3. The highest BCUT2D eigenvalue weighted by Crippen LogP contribution is 2.35. The van der Waals surface area contributed by atoms with Gasteiger partial charge < -0.3 is 18.9 Å². The SMILES string of the molecule is Cc1ccc(OC(=O)C2CCC(C(=O)Oc3ccc4cc(OC(=O)C5CCC(C(=O)Oc6ccc(C)cc6)CC5)c(/C=N/Nc5nc6ccccc6s5)cc4c3)CC2)cc1. The van der Waals surface area contributed by atoms with Crippen molar-refractivity contribution in [2.24, 2.45) is 28.8 Å². The van der Waals surface area contributed by atoms with Gasteiger partial charge in [0.25, 0.3) is 0 Å². The molecule has 2 aliphatic rings. The van der Waals surface area contributed by atoms with Crippen molar-refractivity contribution in [3.63, 3.8) is 0 Å². The lowest BCUT2D eigenvalue weighted by Crippen LogP contribution is -2.30. The van der Waals surface area contributed by atoms with Gasteiger partial charge in [-0.25, -0.2) is 4.98 Å². The quantitative estimate of drug-likeness (QED) is 0.0581. The summed E-state index contributed by atoms with van der Waals surface area (Å²) < 4.78 is 24.2. The zero-order chi connectivity index (χ0) is 41.6. The summed E-state index contributed by atoms with van der Waals surface area (Å²) in [5.41, 5.74) is 6.55. The highest BCUT2D eigenvalue weighted by Gasteiger charge is 2.34. The Morgan fingerprint density at radius 1 is 0.583 bits per heavy atom. The number of thiazole rings is 1. The zero-order valence-corrected chi connectivity index (χ0v) is 34.2. The van der Waals surface area contributed by atoms with Crippen molar-refractivity contribution in [3.8, 4) is 23.0 Å². The third-order valence-electron chi connectivity index (χ3n) is 11.3. The summed E-state index contributed by atoms with van der Waals surface area (Å²) in [6.45, 7) is 3.95. The average molecular weight is 824 g/mol. The topological polar surface area (TPSA) is 142 Å². The number of para-hydroxylation sites is 1. The Morgan fingerprint density at radius 3 is 1.60 bits per heavy atom. The fourth-order valence-corrected chi connectivity index (χ4v) is 8.55. The second kappa shape index (κ2) is 18.3. The molecule has 0 spiro atoms. The number of carbonyl (C=O) groups is 4. The van der Waals surface area contributed by atoms with Gasteiger partial charge in [0.15, 0.2) is 0 Å². The minimum Gasteiger partial charge on any atom is -0.426 e. The number of anilines is 1. The van der Waals surface area contributed by atoms with Crippen molar-refractivity contribution in [2.75, 3.05) is 5.43 Å². The molecule has 0 aliphatic heterocycles. The first kappa shape index (κ1) is 40.4. The van der Waals surface area contributed by atoms with Gasteiger partial charge in [-0.2, -0.15) is 5.10 Å². The summed E-state index contributed by atoms with van der Waals surface area (Å²) in [6, 6.07) is 31.5. The third kappa shape index (κ3) is 9.89. The minimum atomic E-state index is -0.384. The van der Waals surface area contributed by atoms with Gasteiger partial charge in [-0.15, -0.1) is 0 Å². The number of benzene rings is 5. The number of aromatic nitrogens is 1. The molecule has 0 bridgehead atoms. The van der Waals surface area contributed by atoms with Crippen molar-refractivity contribution in [1.82, 2.24) is 4.98 Å². The molecule has 2 fully saturated rings. The summed E-state index contributed by atoms with van der Waals surface area (Å²) in [4.78, 5) is 57.3. The van der Waals surface area contributed by atoms with E-state index in [2.05, 4.69) is 15.5 Å². The highest BCUT2D eigenvalue weighted by atomic mass is 32.1. The predicted molar refractivity (Wildman–Crippen MR) is 231 cm³/mol. The van der Waals surface area contributed by atoms with Crippen LogP contribution in [0.5, 0.6) is 23.0 Å². The number of nitrogens with zero attached hydrogens (tertiary/aromatic N) is 2. The number of nitrogens with one attached hydrogen (secondary N) is 1. The van der Waals surface area contributed by atoms with Crippen LogP contribution in [0.2, 0.25) is 0 Å². The lowest BCUT2D eigenvalue weighted by atomic mass is 9.82. The summed E-state index contributed by atoms with van der Waals surface area (Å²) in [5.74, 6) is -0.828. The number of hydrogen-bond acceptors (Lipinski definition) is 12. The molecule has 2 aliphatic carbocycles. The second-order valence-corrected chi connectivity index (χ2v) is 16.7. The number of aryl methyl sites for hydroxylation is 2. The molecule has 1 aromatic heterocycles. The Hall–Kier alpha value is -6.40. The maximum atomic E-state index is 13.6. The summed E-state index contributed by atoms with van der Waals surface area (Å²) in [7, 11) is 0. The predicted octanol–water partition coefficient (Wildman–Crippen LogP) is 10.1. The number of carbonyl (C=O) groups excluding carboxylic acids is 4. The van der Waals surface area contributed by atoms with Crippen LogP contribution in [0.3, 0.4) is 0 Å². The number of esters is 4. The molecule has 1 N–H and O–H groups in total. The monoisotopic (exact) mass is 823 g/mol. The number of ether oxygens (including phenoxy) is 4. The van der Waals surface area contributed by atoms with E-state index < -0.39 is 0 Å². The van der Waals surface area contributed by atoms with Crippen LogP contribution in [0.25, 0.3) is 21.0 Å². The van der Waals surface area contributed by atoms with Crippen LogP contribution in [0.15, 0.2) is 108 Å². The highest BCUT2D eigenvalue weighted by molar-refractivity contribution is 7.22. The Bertz CT molecular complexity index is 2520. The molecule has 5 aromatic carbocycles. The second-order valence-electron chi connectivity index (χ2n) is 15.7. The Morgan fingerprint density at radius 2 is 1.07 bits per heavy atom. The molecule has 1 heterocycles. The Balaban J connectivity index is 0.929. The van der Waals surface area contributed by atoms with Gasteiger partial charge in [0, 0.05) is 5.56 Å². The fourth-order valence-electron chi connectivity index (χ4n) is 7.73. The molecule has 2 saturated carbocycles. The standard InChI is InChI=1S/C48H45N3O8S/c1-29-7-20-38(21-8-29)56-44(52)31-11-13-33(14-12-31)46(54)58-40-24-19-35-27-42(37(25-36(35)26-40)28-49-51-48-50-41-5-3-4-6-43(41)60-48)59-47(55)34-17-15-32(16-18-34)45(53)57-39-22-9-30(2)10-23-39/h3-10,19-28,31-34H,11-18H2,1-2H3,(H,50,51)/b49-28+. The van der Waals surface area contributed by atoms with Crippen LogP contribution in [-0.4, -0.2) is 35.1 Å². The van der Waals surface area contributed by atoms with E-state index in [0.717, 1.165) is 32.1 Å². The number of rotatable bonds is 11. The Labute approximate surface area is 351 Å². The van der Waals surface area contributed by atoms with Crippen molar-refractivity contribution in [3.05, 3.63) is 120 Å². The smallest absolute Gasteiger partial charge is 0.314 e. The molecule has 12 heteroatoms. The lowest BCUT2D eigenvalue weighted by molar-refractivity contribution is -0.145. The summed E-state index contributed by atoms with van der Waals surface area (Å²) in [5, 5.41) is 6.57. The van der Waals surface area contributed by atoms with Crippen molar-refractivity contribution in [1.29, 1.82) is 0 Å². The first-order chi connectivity index (χ1) is 29.1. The molecule has 0 unspecified atom stereocenters. The summed E-state index contributed by atoms with van der Waals surface area (Å²) in [6.07, 6.45) is 5.74. The molecule has 0 amide bonds. The van der Waals surface area contributed by atoms with E-state index in [-0.39, 0.29) is 47.5 Å². The molecular formula is C48H45N3O8S. The van der Waals surface area contributed by atoms with Gasteiger partial charge in [0.05, 0.1) is 40.1 Å². The molecule has 306 valence electrons. The van der Waals surface area contributed by atoms with E-state index >= 15 is 0 Å². The van der Waals surface area contributed by atoms with Crippen molar-refractivity contribution in [2.45, 2.75) is 65.2 Å². The average Bonchev–Trinajstić information content (AvgIpc) is 3.68. The van der Waals surface area contributed by atoms with Crippen LogP contribution < -0.4 is 24.4 Å². The maximum absolute atomic E-state index is 13.6.